The van der Waals surface area contributed by atoms with E-state index in [1.165, 1.54) is 5.06 Å². The van der Waals surface area contributed by atoms with Crippen LogP contribution in [0.1, 0.15) is 12.0 Å². The third-order valence-corrected chi connectivity index (χ3v) is 5.88. The van der Waals surface area contributed by atoms with Gasteiger partial charge in [0.05, 0.1) is 10.7 Å². The number of nitrogens with zero attached hydrogens (tertiary/aromatic N) is 1. The number of aliphatic hydroxyl groups is 1. The normalized spacial score (nSPS) is 25.6. The SMILES string of the molecule is CN1OC2NC(C(=O)Oc3cccc4ccccc34)CC2(O)c2cccc(Cl)c21. The van der Waals surface area contributed by atoms with Crippen molar-refractivity contribution in [3.05, 3.63) is 71.2 Å². The van der Waals surface area contributed by atoms with Crippen LogP contribution in [0, 0.1) is 0 Å². The minimum absolute atomic E-state index is 0.114. The molecule has 2 aliphatic rings. The van der Waals surface area contributed by atoms with E-state index in [4.69, 9.17) is 21.2 Å². The van der Waals surface area contributed by atoms with Gasteiger partial charge in [0, 0.05) is 24.4 Å². The molecule has 5 rings (SSSR count). The van der Waals surface area contributed by atoms with Gasteiger partial charge in [0.2, 0.25) is 0 Å². The van der Waals surface area contributed by atoms with Crippen molar-refractivity contribution in [2.24, 2.45) is 0 Å². The number of anilines is 1. The zero-order valence-electron chi connectivity index (χ0n) is 15.6. The molecule has 148 valence electrons. The fourth-order valence-corrected chi connectivity index (χ4v) is 4.47. The minimum Gasteiger partial charge on any atom is -0.425 e. The average Bonchev–Trinajstić information content (AvgIpc) is 3.06. The van der Waals surface area contributed by atoms with Crippen molar-refractivity contribution in [3.63, 3.8) is 0 Å². The van der Waals surface area contributed by atoms with Gasteiger partial charge in [0.25, 0.3) is 0 Å². The predicted molar refractivity (Wildman–Crippen MR) is 110 cm³/mol. The molecule has 3 aromatic carbocycles. The number of hydrogen-bond donors (Lipinski definition) is 2. The smallest absolute Gasteiger partial charge is 0.328 e. The van der Waals surface area contributed by atoms with Crippen molar-refractivity contribution in [1.82, 2.24) is 5.32 Å². The number of nitrogens with one attached hydrogen (secondary N) is 1. The number of carbonyl (C=O) groups excluding carboxylic acids is 1. The molecule has 1 fully saturated rings. The Bertz CT molecular complexity index is 1120. The number of benzene rings is 3. The van der Waals surface area contributed by atoms with E-state index < -0.39 is 23.8 Å². The maximum Gasteiger partial charge on any atom is 0.328 e. The van der Waals surface area contributed by atoms with E-state index in [0.717, 1.165) is 10.8 Å². The van der Waals surface area contributed by atoms with Gasteiger partial charge in [-0.2, -0.15) is 0 Å². The highest BCUT2D eigenvalue weighted by Crippen LogP contribution is 2.47. The van der Waals surface area contributed by atoms with E-state index in [2.05, 4.69) is 5.32 Å². The highest BCUT2D eigenvalue weighted by molar-refractivity contribution is 6.33. The lowest BCUT2D eigenvalue weighted by Crippen LogP contribution is -2.51. The summed E-state index contributed by atoms with van der Waals surface area (Å²) in [4.78, 5) is 18.7. The Labute approximate surface area is 172 Å². The standard InChI is InChI=1S/C22H19ClN2O4/c1-25-19-15(9-5-10-16(19)23)22(27)12-17(24-21(22)29-25)20(26)28-18-11-4-7-13-6-2-3-8-14(13)18/h2-11,17,21,24,27H,12H2,1H3. The van der Waals surface area contributed by atoms with Crippen LogP contribution in [0.3, 0.4) is 0 Å². The molecule has 0 aromatic heterocycles. The van der Waals surface area contributed by atoms with Crippen molar-refractivity contribution >= 4 is 34.0 Å². The van der Waals surface area contributed by atoms with Gasteiger partial charge in [-0.3, -0.25) is 15.2 Å². The molecule has 2 heterocycles. The van der Waals surface area contributed by atoms with Crippen molar-refractivity contribution in [1.29, 1.82) is 0 Å². The van der Waals surface area contributed by atoms with Gasteiger partial charge >= 0.3 is 5.97 Å². The van der Waals surface area contributed by atoms with Crippen molar-refractivity contribution in [2.45, 2.75) is 24.3 Å². The van der Waals surface area contributed by atoms with Gasteiger partial charge in [-0.1, -0.05) is 60.1 Å². The fraction of sp³-hybridized carbons (Fsp3) is 0.227. The van der Waals surface area contributed by atoms with Crippen LogP contribution in [-0.4, -0.2) is 30.4 Å². The molecule has 3 unspecified atom stereocenters. The summed E-state index contributed by atoms with van der Waals surface area (Å²) in [7, 11) is 1.72. The molecule has 2 aliphatic heterocycles. The van der Waals surface area contributed by atoms with E-state index in [1.54, 1.807) is 31.3 Å². The first-order chi connectivity index (χ1) is 14.0. The number of ether oxygens (including phenoxy) is 1. The van der Waals surface area contributed by atoms with Gasteiger partial charge in [-0.15, -0.1) is 0 Å². The van der Waals surface area contributed by atoms with Gasteiger partial charge in [-0.05, 0) is 17.5 Å². The molecule has 3 aromatic rings. The van der Waals surface area contributed by atoms with E-state index >= 15 is 0 Å². The number of hydroxylamine groups is 1. The predicted octanol–water partition coefficient (Wildman–Crippen LogP) is 3.36. The van der Waals surface area contributed by atoms with Crippen molar-refractivity contribution < 1.29 is 19.5 Å². The third-order valence-electron chi connectivity index (χ3n) is 5.58. The molecule has 0 aliphatic carbocycles. The molecular formula is C22H19ClN2O4. The summed E-state index contributed by atoms with van der Waals surface area (Å²) in [5.41, 5.74) is -0.177. The molecule has 0 saturated carbocycles. The van der Waals surface area contributed by atoms with E-state index in [0.29, 0.717) is 22.0 Å². The number of rotatable bonds is 2. The number of para-hydroxylation sites is 1. The number of fused-ring (bicyclic) bond motifs is 4. The third kappa shape index (κ3) is 2.88. The summed E-state index contributed by atoms with van der Waals surface area (Å²) in [6, 6.07) is 17.8. The summed E-state index contributed by atoms with van der Waals surface area (Å²) in [6.07, 6.45) is -0.675. The molecule has 7 heteroatoms. The Morgan fingerprint density at radius 2 is 1.97 bits per heavy atom. The summed E-state index contributed by atoms with van der Waals surface area (Å²) in [5.74, 6) is 0.0113. The first-order valence-electron chi connectivity index (χ1n) is 9.35. The van der Waals surface area contributed by atoms with Crippen molar-refractivity contribution in [2.75, 3.05) is 12.1 Å². The molecule has 0 spiro atoms. The highest BCUT2D eigenvalue weighted by Gasteiger charge is 2.55. The lowest BCUT2D eigenvalue weighted by Gasteiger charge is -2.40. The molecule has 6 nitrogen and oxygen atoms in total. The van der Waals surface area contributed by atoms with Crippen LogP contribution in [0.2, 0.25) is 5.02 Å². The number of hydrogen-bond acceptors (Lipinski definition) is 6. The Morgan fingerprint density at radius 3 is 2.83 bits per heavy atom. The molecule has 29 heavy (non-hydrogen) atoms. The van der Waals surface area contributed by atoms with Gasteiger partial charge in [-0.25, -0.2) is 4.79 Å². The lowest BCUT2D eigenvalue weighted by atomic mass is 9.87. The largest absolute Gasteiger partial charge is 0.425 e. The maximum atomic E-state index is 12.9. The molecule has 0 radical (unpaired) electrons. The summed E-state index contributed by atoms with van der Waals surface area (Å²) >= 11 is 6.31. The maximum absolute atomic E-state index is 12.9. The Balaban J connectivity index is 1.44. The van der Waals surface area contributed by atoms with E-state index in [9.17, 15) is 9.90 Å². The first-order valence-corrected chi connectivity index (χ1v) is 9.72. The van der Waals surface area contributed by atoms with Crippen LogP contribution in [0.4, 0.5) is 5.69 Å². The Hall–Kier alpha value is -2.64. The van der Waals surface area contributed by atoms with Crippen LogP contribution in [-0.2, 0) is 15.2 Å². The van der Waals surface area contributed by atoms with Crippen molar-refractivity contribution in [3.8, 4) is 5.75 Å². The topological polar surface area (TPSA) is 71.0 Å². The Kier molecular flexibility index (Phi) is 4.26. The summed E-state index contributed by atoms with van der Waals surface area (Å²) in [6.45, 7) is 0. The van der Waals surface area contributed by atoms with Crippen LogP contribution in [0.5, 0.6) is 5.75 Å². The summed E-state index contributed by atoms with van der Waals surface area (Å²) in [5, 5.41) is 18.3. The minimum atomic E-state index is -1.39. The monoisotopic (exact) mass is 410 g/mol. The Morgan fingerprint density at radius 1 is 1.21 bits per heavy atom. The van der Waals surface area contributed by atoms with E-state index in [1.807, 2.05) is 36.4 Å². The second-order valence-corrected chi connectivity index (χ2v) is 7.77. The summed E-state index contributed by atoms with van der Waals surface area (Å²) < 4.78 is 5.69. The van der Waals surface area contributed by atoms with Crippen LogP contribution in [0.15, 0.2) is 60.7 Å². The molecule has 0 amide bonds. The zero-order valence-corrected chi connectivity index (χ0v) is 16.4. The quantitative estimate of drug-likeness (QED) is 0.498. The lowest BCUT2D eigenvalue weighted by molar-refractivity contribution is -0.136. The number of halogens is 1. The van der Waals surface area contributed by atoms with Gasteiger partial charge in [0.15, 0.2) is 6.23 Å². The zero-order chi connectivity index (χ0) is 20.2. The van der Waals surface area contributed by atoms with Crippen LogP contribution >= 0.6 is 11.6 Å². The van der Waals surface area contributed by atoms with Gasteiger partial charge in [0.1, 0.15) is 17.4 Å². The first kappa shape index (κ1) is 18.4. The number of esters is 1. The van der Waals surface area contributed by atoms with Gasteiger partial charge < -0.3 is 9.84 Å². The molecule has 3 atom stereocenters. The average molecular weight is 411 g/mol. The van der Waals surface area contributed by atoms with Crippen LogP contribution in [0.25, 0.3) is 10.8 Å². The fourth-order valence-electron chi connectivity index (χ4n) is 4.18. The second-order valence-electron chi connectivity index (χ2n) is 7.36. The molecule has 2 N–H and O–H groups in total. The molecule has 1 saturated heterocycles. The highest BCUT2D eigenvalue weighted by atomic mass is 35.5. The molecular weight excluding hydrogens is 392 g/mol. The van der Waals surface area contributed by atoms with Crippen LogP contribution < -0.4 is 15.1 Å². The molecule has 0 bridgehead atoms. The second kappa shape index (κ2) is 6.71. The number of carbonyl (C=O) groups is 1. The van der Waals surface area contributed by atoms with E-state index in [-0.39, 0.29) is 6.42 Å².